The fraction of sp³-hybridized carbons (Fsp3) is 0.500. The summed E-state index contributed by atoms with van der Waals surface area (Å²) < 4.78 is 18.6. The van der Waals surface area contributed by atoms with E-state index in [4.69, 9.17) is 4.74 Å². The molecular formula is C12H17FN2O3. The van der Waals surface area contributed by atoms with E-state index in [1.165, 1.54) is 12.1 Å². The molecule has 0 aromatic heterocycles. The van der Waals surface area contributed by atoms with Gasteiger partial charge in [0.15, 0.2) is 5.82 Å². The molecule has 0 bridgehead atoms. The largest absolute Gasteiger partial charge is 0.483 e. The summed E-state index contributed by atoms with van der Waals surface area (Å²) in [5, 5.41) is 13.9. The van der Waals surface area contributed by atoms with Crippen molar-refractivity contribution >= 4 is 5.69 Å². The van der Waals surface area contributed by atoms with E-state index in [-0.39, 0.29) is 23.6 Å². The molecule has 0 amide bonds. The van der Waals surface area contributed by atoms with Gasteiger partial charge in [0, 0.05) is 18.2 Å². The Balaban J connectivity index is 2.64. The first-order valence-corrected chi connectivity index (χ1v) is 5.62. The summed E-state index contributed by atoms with van der Waals surface area (Å²) >= 11 is 0. The predicted molar refractivity (Wildman–Crippen MR) is 66.3 cm³/mol. The molecule has 0 atom stereocenters. The Kier molecular flexibility index (Phi) is 4.61. The van der Waals surface area contributed by atoms with Crippen molar-refractivity contribution in [3.8, 4) is 5.75 Å². The number of ether oxygens (including phenoxy) is 1. The third-order valence-corrected chi connectivity index (χ3v) is 2.15. The highest BCUT2D eigenvalue weighted by molar-refractivity contribution is 5.46. The second-order valence-electron chi connectivity index (χ2n) is 4.87. The molecule has 5 nitrogen and oxygen atoms in total. The number of nitrogens with one attached hydrogen (secondary N) is 1. The fourth-order valence-electron chi connectivity index (χ4n) is 1.36. The summed E-state index contributed by atoms with van der Waals surface area (Å²) in [5.41, 5.74) is -0.435. The molecule has 1 rings (SSSR count). The molecule has 0 aliphatic heterocycles. The number of para-hydroxylation sites is 1. The van der Waals surface area contributed by atoms with Crippen LogP contribution in [0.1, 0.15) is 20.8 Å². The van der Waals surface area contributed by atoms with E-state index in [2.05, 4.69) is 5.32 Å². The third-order valence-electron chi connectivity index (χ3n) is 2.15. The van der Waals surface area contributed by atoms with Crippen LogP contribution in [0.5, 0.6) is 5.75 Å². The maximum atomic E-state index is 13.4. The molecule has 0 saturated carbocycles. The molecule has 0 aliphatic carbocycles. The lowest BCUT2D eigenvalue weighted by Crippen LogP contribution is -2.38. The molecule has 1 aromatic carbocycles. The van der Waals surface area contributed by atoms with Crippen molar-refractivity contribution in [1.82, 2.24) is 5.32 Å². The zero-order chi connectivity index (χ0) is 13.8. The van der Waals surface area contributed by atoms with Gasteiger partial charge < -0.3 is 10.1 Å². The highest BCUT2D eigenvalue weighted by Gasteiger charge is 2.19. The maximum Gasteiger partial charge on any atom is 0.314 e. The average Bonchev–Trinajstić information content (AvgIpc) is 2.24. The first-order chi connectivity index (χ1) is 8.31. The van der Waals surface area contributed by atoms with Gasteiger partial charge in [-0.1, -0.05) is 6.07 Å². The van der Waals surface area contributed by atoms with Crippen LogP contribution in [0.15, 0.2) is 18.2 Å². The maximum absolute atomic E-state index is 13.4. The molecule has 0 radical (unpaired) electrons. The number of rotatable bonds is 5. The van der Waals surface area contributed by atoms with Crippen LogP contribution in [0.4, 0.5) is 10.1 Å². The zero-order valence-corrected chi connectivity index (χ0v) is 10.7. The first kappa shape index (κ1) is 14.4. The Morgan fingerprint density at radius 2 is 2.11 bits per heavy atom. The molecule has 0 unspecified atom stereocenters. The molecule has 100 valence electrons. The van der Waals surface area contributed by atoms with Crippen LogP contribution < -0.4 is 10.1 Å². The van der Waals surface area contributed by atoms with Crippen LogP contribution in [0.3, 0.4) is 0 Å². The van der Waals surface area contributed by atoms with Gasteiger partial charge in [0.1, 0.15) is 6.61 Å². The minimum absolute atomic E-state index is 0.0788. The van der Waals surface area contributed by atoms with Gasteiger partial charge in [0.05, 0.1) is 4.92 Å². The Morgan fingerprint density at radius 1 is 1.44 bits per heavy atom. The SMILES string of the molecule is CC(C)(C)NCCOc1c(F)cccc1[N+](=O)[O-]. The Hall–Kier alpha value is -1.69. The Labute approximate surface area is 105 Å². The van der Waals surface area contributed by atoms with Crippen LogP contribution in [0, 0.1) is 15.9 Å². The zero-order valence-electron chi connectivity index (χ0n) is 10.7. The minimum Gasteiger partial charge on any atom is -0.483 e. The molecule has 6 heteroatoms. The highest BCUT2D eigenvalue weighted by Crippen LogP contribution is 2.29. The molecule has 0 saturated heterocycles. The summed E-state index contributed by atoms with van der Waals surface area (Å²) in [7, 11) is 0. The number of nitrogens with zero attached hydrogens (tertiary/aromatic N) is 1. The number of hydrogen-bond acceptors (Lipinski definition) is 4. The topological polar surface area (TPSA) is 64.4 Å². The van der Waals surface area contributed by atoms with Gasteiger partial charge >= 0.3 is 5.69 Å². The quantitative estimate of drug-likeness (QED) is 0.499. The van der Waals surface area contributed by atoms with Crippen molar-refractivity contribution in [3.63, 3.8) is 0 Å². The Bertz CT molecular complexity index is 430. The normalized spacial score (nSPS) is 11.3. The number of benzene rings is 1. The van der Waals surface area contributed by atoms with Crippen molar-refractivity contribution in [2.75, 3.05) is 13.2 Å². The highest BCUT2D eigenvalue weighted by atomic mass is 19.1. The Morgan fingerprint density at radius 3 is 2.67 bits per heavy atom. The molecule has 1 aromatic rings. The molecule has 18 heavy (non-hydrogen) atoms. The molecule has 0 fully saturated rings. The summed E-state index contributed by atoms with van der Waals surface area (Å²) in [5.74, 6) is -1.03. The lowest BCUT2D eigenvalue weighted by atomic mass is 10.1. The van der Waals surface area contributed by atoms with Crippen molar-refractivity contribution in [3.05, 3.63) is 34.1 Å². The van der Waals surface area contributed by atoms with Crippen LogP contribution in [-0.2, 0) is 0 Å². The van der Waals surface area contributed by atoms with E-state index in [0.29, 0.717) is 6.54 Å². The van der Waals surface area contributed by atoms with Crippen LogP contribution in [0.2, 0.25) is 0 Å². The number of nitro benzene ring substituents is 1. The standard InChI is InChI=1S/C12H17FN2O3/c1-12(2,3)14-7-8-18-11-9(13)5-4-6-10(11)15(16)17/h4-6,14H,7-8H2,1-3H3. The predicted octanol–water partition coefficient (Wildman–Crippen LogP) is 2.50. The molecule has 0 heterocycles. The van der Waals surface area contributed by atoms with Crippen LogP contribution >= 0.6 is 0 Å². The third kappa shape index (κ3) is 4.29. The second-order valence-corrected chi connectivity index (χ2v) is 4.87. The molecule has 0 spiro atoms. The fourth-order valence-corrected chi connectivity index (χ4v) is 1.36. The van der Waals surface area contributed by atoms with Gasteiger partial charge in [-0.3, -0.25) is 10.1 Å². The number of nitro groups is 1. The van der Waals surface area contributed by atoms with Crippen molar-refractivity contribution in [1.29, 1.82) is 0 Å². The summed E-state index contributed by atoms with van der Waals surface area (Å²) in [6.45, 7) is 6.60. The lowest BCUT2D eigenvalue weighted by molar-refractivity contribution is -0.386. The van der Waals surface area contributed by atoms with Crippen LogP contribution in [-0.4, -0.2) is 23.6 Å². The lowest BCUT2D eigenvalue weighted by Gasteiger charge is -2.20. The van der Waals surface area contributed by atoms with Crippen molar-refractivity contribution in [2.24, 2.45) is 0 Å². The van der Waals surface area contributed by atoms with Gasteiger partial charge in [0.25, 0.3) is 0 Å². The van der Waals surface area contributed by atoms with E-state index >= 15 is 0 Å². The average molecular weight is 256 g/mol. The van der Waals surface area contributed by atoms with E-state index in [1.807, 2.05) is 20.8 Å². The van der Waals surface area contributed by atoms with Gasteiger partial charge in [0.2, 0.25) is 5.75 Å². The minimum atomic E-state index is -0.722. The molecule has 1 N–H and O–H groups in total. The molecular weight excluding hydrogens is 239 g/mol. The van der Waals surface area contributed by atoms with Gasteiger partial charge in [-0.05, 0) is 26.8 Å². The summed E-state index contributed by atoms with van der Waals surface area (Å²) in [4.78, 5) is 10.1. The number of hydrogen-bond donors (Lipinski definition) is 1. The van der Waals surface area contributed by atoms with Gasteiger partial charge in [-0.2, -0.15) is 0 Å². The monoisotopic (exact) mass is 256 g/mol. The summed E-state index contributed by atoms with van der Waals surface area (Å²) in [6, 6.07) is 3.64. The number of halogens is 1. The van der Waals surface area contributed by atoms with E-state index in [9.17, 15) is 14.5 Å². The smallest absolute Gasteiger partial charge is 0.314 e. The second kappa shape index (κ2) is 5.77. The molecule has 0 aliphatic rings. The van der Waals surface area contributed by atoms with E-state index in [1.54, 1.807) is 0 Å². The van der Waals surface area contributed by atoms with E-state index < -0.39 is 10.7 Å². The van der Waals surface area contributed by atoms with Gasteiger partial charge in [-0.15, -0.1) is 0 Å². The summed E-state index contributed by atoms with van der Waals surface area (Å²) in [6.07, 6.45) is 0. The van der Waals surface area contributed by atoms with Crippen molar-refractivity contribution < 1.29 is 14.1 Å². The van der Waals surface area contributed by atoms with E-state index in [0.717, 1.165) is 6.07 Å². The van der Waals surface area contributed by atoms with Crippen molar-refractivity contribution in [2.45, 2.75) is 26.3 Å². The first-order valence-electron chi connectivity index (χ1n) is 5.62. The van der Waals surface area contributed by atoms with Gasteiger partial charge in [-0.25, -0.2) is 4.39 Å². The van der Waals surface area contributed by atoms with Crippen LogP contribution in [0.25, 0.3) is 0 Å².